The first-order chi connectivity index (χ1) is 11.6. The first-order valence-corrected chi connectivity index (χ1v) is 7.50. The van der Waals surface area contributed by atoms with Gasteiger partial charge in [0.25, 0.3) is 0 Å². The number of methoxy groups -OCH3 is 3. The summed E-state index contributed by atoms with van der Waals surface area (Å²) in [7, 11) is 6.61. The molecule has 0 saturated carbocycles. The normalized spacial score (nSPS) is 10.7. The minimum atomic E-state index is 0.501. The Hall–Kier alpha value is -2.89. The summed E-state index contributed by atoms with van der Waals surface area (Å²) in [5.41, 5.74) is 4.32. The first-order valence-electron chi connectivity index (χ1n) is 7.50. The van der Waals surface area contributed by atoms with E-state index in [4.69, 9.17) is 18.6 Å². The highest BCUT2D eigenvalue weighted by molar-refractivity contribution is 5.83. The lowest BCUT2D eigenvalue weighted by atomic mass is 10.2. The zero-order chi connectivity index (χ0) is 17.3. The predicted molar refractivity (Wildman–Crippen MR) is 93.4 cm³/mol. The summed E-state index contributed by atoms with van der Waals surface area (Å²) in [4.78, 5) is 4.60. The Bertz CT molecular complexity index is 861. The molecule has 3 aromatic rings. The molecule has 0 radical (unpaired) electrons. The molecule has 0 aliphatic carbocycles. The van der Waals surface area contributed by atoms with Crippen LogP contribution in [0.3, 0.4) is 0 Å². The van der Waals surface area contributed by atoms with Crippen molar-refractivity contribution >= 4 is 16.8 Å². The van der Waals surface area contributed by atoms with E-state index in [2.05, 4.69) is 10.3 Å². The van der Waals surface area contributed by atoms with Crippen LogP contribution in [0.25, 0.3) is 22.6 Å². The molecule has 2 aromatic carbocycles. The van der Waals surface area contributed by atoms with Crippen LogP contribution in [0.1, 0.15) is 5.56 Å². The van der Waals surface area contributed by atoms with E-state index in [1.165, 1.54) is 0 Å². The van der Waals surface area contributed by atoms with Crippen LogP contribution in [0.15, 0.2) is 28.7 Å². The number of hydrogen-bond acceptors (Lipinski definition) is 6. The Morgan fingerprint density at radius 1 is 0.958 bits per heavy atom. The van der Waals surface area contributed by atoms with Crippen LogP contribution in [0.5, 0.6) is 17.2 Å². The van der Waals surface area contributed by atoms with Gasteiger partial charge in [-0.1, -0.05) is 0 Å². The number of nitrogens with one attached hydrogen (secondary N) is 1. The fourth-order valence-electron chi connectivity index (χ4n) is 2.67. The van der Waals surface area contributed by atoms with Crippen molar-refractivity contribution in [3.63, 3.8) is 0 Å². The second-order valence-electron chi connectivity index (χ2n) is 5.32. The Morgan fingerprint density at radius 3 is 2.17 bits per heavy atom. The Balaban J connectivity index is 2.18. The lowest BCUT2D eigenvalue weighted by Crippen LogP contribution is -1.95. The van der Waals surface area contributed by atoms with E-state index in [9.17, 15) is 0 Å². The topological polar surface area (TPSA) is 65.8 Å². The van der Waals surface area contributed by atoms with E-state index < -0.39 is 0 Å². The van der Waals surface area contributed by atoms with Crippen molar-refractivity contribution in [1.29, 1.82) is 0 Å². The number of rotatable bonds is 5. The maximum absolute atomic E-state index is 5.97. The second kappa shape index (κ2) is 6.31. The van der Waals surface area contributed by atoms with Gasteiger partial charge in [0.1, 0.15) is 5.52 Å². The molecule has 0 aliphatic rings. The molecule has 1 heterocycles. The summed E-state index contributed by atoms with van der Waals surface area (Å²) in [5, 5.41) is 3.12. The molecule has 6 nitrogen and oxygen atoms in total. The van der Waals surface area contributed by atoms with Crippen molar-refractivity contribution in [2.75, 3.05) is 33.7 Å². The standard InChI is InChI=1S/C18H20N2O4/c1-10-6-12(19-2)9-13-16(10)24-18(20-13)11-7-14(21-3)17(23-5)15(8-11)22-4/h6-9,19H,1-5H3. The number of nitrogens with zero attached hydrogens (tertiary/aromatic N) is 1. The van der Waals surface area contributed by atoms with E-state index in [-0.39, 0.29) is 0 Å². The molecule has 1 N–H and O–H groups in total. The fraction of sp³-hybridized carbons (Fsp3) is 0.278. The van der Waals surface area contributed by atoms with Crippen LogP contribution in [0, 0.1) is 6.92 Å². The van der Waals surface area contributed by atoms with Gasteiger partial charge in [-0.05, 0) is 36.8 Å². The number of anilines is 1. The highest BCUT2D eigenvalue weighted by atomic mass is 16.5. The van der Waals surface area contributed by atoms with Crippen LogP contribution in [-0.2, 0) is 0 Å². The average molecular weight is 328 g/mol. The van der Waals surface area contributed by atoms with Gasteiger partial charge in [0.05, 0.1) is 21.3 Å². The molecule has 0 spiro atoms. The lowest BCUT2D eigenvalue weighted by molar-refractivity contribution is 0.324. The Labute approximate surface area is 140 Å². The van der Waals surface area contributed by atoms with E-state index >= 15 is 0 Å². The number of oxazole rings is 1. The third-order valence-corrected chi connectivity index (χ3v) is 3.88. The van der Waals surface area contributed by atoms with Crippen molar-refractivity contribution in [3.8, 4) is 28.7 Å². The van der Waals surface area contributed by atoms with Gasteiger partial charge in [0, 0.05) is 18.3 Å². The molecule has 3 rings (SSSR count). The van der Waals surface area contributed by atoms with Gasteiger partial charge >= 0.3 is 0 Å². The van der Waals surface area contributed by atoms with Crippen LogP contribution < -0.4 is 19.5 Å². The number of benzene rings is 2. The smallest absolute Gasteiger partial charge is 0.227 e. The monoisotopic (exact) mass is 328 g/mol. The van der Waals surface area contributed by atoms with Crippen molar-refractivity contribution < 1.29 is 18.6 Å². The summed E-state index contributed by atoms with van der Waals surface area (Å²) in [5.74, 6) is 2.15. The van der Waals surface area contributed by atoms with Crippen LogP contribution in [0.4, 0.5) is 5.69 Å². The number of aryl methyl sites for hydroxylation is 1. The number of aromatic nitrogens is 1. The van der Waals surface area contributed by atoms with Crippen LogP contribution in [-0.4, -0.2) is 33.4 Å². The van der Waals surface area contributed by atoms with E-state index in [0.29, 0.717) is 23.1 Å². The summed E-state index contributed by atoms with van der Waals surface area (Å²) in [6.07, 6.45) is 0. The van der Waals surface area contributed by atoms with Gasteiger partial charge in [-0.2, -0.15) is 0 Å². The van der Waals surface area contributed by atoms with Gasteiger partial charge in [0.15, 0.2) is 17.1 Å². The summed E-state index contributed by atoms with van der Waals surface area (Å²) < 4.78 is 22.1. The minimum Gasteiger partial charge on any atom is -0.493 e. The maximum Gasteiger partial charge on any atom is 0.227 e. The summed E-state index contributed by atoms with van der Waals surface area (Å²) in [6, 6.07) is 7.61. The zero-order valence-electron chi connectivity index (χ0n) is 14.4. The molecule has 0 bridgehead atoms. The number of ether oxygens (including phenoxy) is 3. The van der Waals surface area contributed by atoms with Crippen LogP contribution >= 0.6 is 0 Å². The van der Waals surface area contributed by atoms with Gasteiger partial charge < -0.3 is 23.9 Å². The summed E-state index contributed by atoms with van der Waals surface area (Å²) >= 11 is 0. The van der Waals surface area contributed by atoms with Crippen molar-refractivity contribution in [1.82, 2.24) is 4.98 Å². The molecule has 1 aromatic heterocycles. The average Bonchev–Trinajstić information content (AvgIpc) is 3.04. The molecule has 0 unspecified atom stereocenters. The van der Waals surface area contributed by atoms with Gasteiger partial charge in [-0.3, -0.25) is 0 Å². The molecular formula is C18H20N2O4. The predicted octanol–water partition coefficient (Wildman–Crippen LogP) is 3.87. The second-order valence-corrected chi connectivity index (χ2v) is 5.32. The molecule has 6 heteroatoms. The van der Waals surface area contributed by atoms with Crippen molar-refractivity contribution in [2.24, 2.45) is 0 Å². The SMILES string of the molecule is CNc1cc(C)c2oc(-c3cc(OC)c(OC)c(OC)c3)nc2c1. The van der Waals surface area contributed by atoms with Crippen molar-refractivity contribution in [2.45, 2.75) is 6.92 Å². The molecule has 126 valence electrons. The number of fused-ring (bicyclic) bond motifs is 1. The van der Waals surface area contributed by atoms with E-state index in [0.717, 1.165) is 27.9 Å². The van der Waals surface area contributed by atoms with Crippen LogP contribution in [0.2, 0.25) is 0 Å². The van der Waals surface area contributed by atoms with Gasteiger partial charge in [0.2, 0.25) is 11.6 Å². The maximum atomic E-state index is 5.97. The molecule has 24 heavy (non-hydrogen) atoms. The highest BCUT2D eigenvalue weighted by Gasteiger charge is 2.18. The third-order valence-electron chi connectivity index (χ3n) is 3.88. The summed E-state index contributed by atoms with van der Waals surface area (Å²) in [6.45, 7) is 1.99. The fourth-order valence-corrected chi connectivity index (χ4v) is 2.67. The molecule has 0 aliphatic heterocycles. The largest absolute Gasteiger partial charge is 0.493 e. The first kappa shape index (κ1) is 16.0. The Morgan fingerprint density at radius 2 is 1.62 bits per heavy atom. The minimum absolute atomic E-state index is 0.501. The molecule has 0 fully saturated rings. The van der Waals surface area contributed by atoms with E-state index in [1.807, 2.05) is 38.2 Å². The van der Waals surface area contributed by atoms with Crippen molar-refractivity contribution in [3.05, 3.63) is 29.8 Å². The van der Waals surface area contributed by atoms with Gasteiger partial charge in [-0.25, -0.2) is 4.98 Å². The molecular weight excluding hydrogens is 308 g/mol. The lowest BCUT2D eigenvalue weighted by Gasteiger charge is -2.12. The molecule has 0 saturated heterocycles. The molecule has 0 atom stereocenters. The van der Waals surface area contributed by atoms with E-state index in [1.54, 1.807) is 21.3 Å². The molecule has 0 amide bonds. The number of hydrogen-bond donors (Lipinski definition) is 1. The third kappa shape index (κ3) is 2.60. The highest BCUT2D eigenvalue weighted by Crippen LogP contribution is 2.41. The zero-order valence-corrected chi connectivity index (χ0v) is 14.4. The van der Waals surface area contributed by atoms with Gasteiger partial charge in [-0.15, -0.1) is 0 Å². The Kier molecular flexibility index (Phi) is 4.20. The quantitative estimate of drug-likeness (QED) is 0.767.